The summed E-state index contributed by atoms with van der Waals surface area (Å²) in [5, 5.41) is 0. The van der Waals surface area contributed by atoms with Gasteiger partial charge in [0.15, 0.2) is 0 Å². The van der Waals surface area contributed by atoms with E-state index in [9.17, 15) is 4.79 Å². The number of piperidine rings is 1. The highest BCUT2D eigenvalue weighted by atomic mass is 79.9. The van der Waals surface area contributed by atoms with E-state index in [0.29, 0.717) is 11.8 Å². The number of carbonyl (C=O) groups excluding carboxylic acids is 1. The van der Waals surface area contributed by atoms with Crippen molar-refractivity contribution >= 4 is 33.4 Å². The number of alkyl halides is 1. The molecule has 0 saturated carbocycles. The zero-order valence-electron chi connectivity index (χ0n) is 10.5. The zero-order valence-corrected chi connectivity index (χ0v) is 12.8. The minimum Gasteiger partial charge on any atom is -0.338 e. The van der Waals surface area contributed by atoms with E-state index in [-0.39, 0.29) is 5.91 Å². The molecule has 0 aromatic heterocycles. The third kappa shape index (κ3) is 3.07. The topological polar surface area (TPSA) is 20.3 Å². The van der Waals surface area contributed by atoms with Crippen molar-refractivity contribution in [2.24, 2.45) is 5.92 Å². The Hall–Kier alpha value is -0.540. The zero-order chi connectivity index (χ0) is 13.1. The standard InChI is InChI=1S/C14H17BrClNO/c1-10-4-5-13(15)12(7-10)14(18)17-6-2-3-11(8-16)9-17/h4-5,7,11H,2-3,6,8-9H2,1H3. The predicted octanol–water partition coefficient (Wildman–Crippen LogP) is 3.85. The lowest BCUT2D eigenvalue weighted by Gasteiger charge is -2.32. The summed E-state index contributed by atoms with van der Waals surface area (Å²) >= 11 is 9.36. The van der Waals surface area contributed by atoms with Crippen LogP contribution in [0.5, 0.6) is 0 Å². The van der Waals surface area contributed by atoms with Gasteiger partial charge in [0, 0.05) is 23.4 Å². The third-order valence-corrected chi connectivity index (χ3v) is 4.50. The summed E-state index contributed by atoms with van der Waals surface area (Å²) in [6.45, 7) is 3.62. The maximum absolute atomic E-state index is 12.5. The Labute approximate surface area is 121 Å². The van der Waals surface area contributed by atoms with Crippen molar-refractivity contribution in [3.8, 4) is 0 Å². The molecule has 1 atom stereocenters. The summed E-state index contributed by atoms with van der Waals surface area (Å²) in [6.07, 6.45) is 2.18. The second kappa shape index (κ2) is 6.07. The summed E-state index contributed by atoms with van der Waals surface area (Å²) in [7, 11) is 0. The molecule has 1 amide bonds. The van der Waals surface area contributed by atoms with Crippen LogP contribution in [-0.2, 0) is 0 Å². The Balaban J connectivity index is 2.17. The molecule has 0 radical (unpaired) electrons. The van der Waals surface area contributed by atoms with Gasteiger partial charge in [-0.25, -0.2) is 0 Å². The van der Waals surface area contributed by atoms with E-state index in [0.717, 1.165) is 41.5 Å². The molecule has 0 bridgehead atoms. The smallest absolute Gasteiger partial charge is 0.255 e. The average molecular weight is 331 g/mol. The molecule has 98 valence electrons. The van der Waals surface area contributed by atoms with Crippen LogP contribution in [0.3, 0.4) is 0 Å². The van der Waals surface area contributed by atoms with Gasteiger partial charge in [0.25, 0.3) is 5.91 Å². The van der Waals surface area contributed by atoms with Crippen molar-refractivity contribution in [3.63, 3.8) is 0 Å². The number of halogens is 2. The molecule has 1 fully saturated rings. The van der Waals surface area contributed by atoms with Crippen molar-refractivity contribution in [1.82, 2.24) is 4.90 Å². The van der Waals surface area contributed by atoms with Crippen LogP contribution in [0.1, 0.15) is 28.8 Å². The van der Waals surface area contributed by atoms with Crippen molar-refractivity contribution in [1.29, 1.82) is 0 Å². The van der Waals surface area contributed by atoms with Crippen LogP contribution in [0.4, 0.5) is 0 Å². The number of rotatable bonds is 2. The minimum atomic E-state index is 0.111. The third-order valence-electron chi connectivity index (χ3n) is 3.38. The van der Waals surface area contributed by atoms with Gasteiger partial charge in [-0.3, -0.25) is 4.79 Å². The Morgan fingerprint density at radius 2 is 2.33 bits per heavy atom. The van der Waals surface area contributed by atoms with Gasteiger partial charge in [0.05, 0.1) is 5.56 Å². The molecule has 2 rings (SSSR count). The molecule has 1 saturated heterocycles. The second-order valence-corrected chi connectivity index (χ2v) is 6.06. The molecule has 2 nitrogen and oxygen atoms in total. The molecule has 1 aromatic carbocycles. The van der Waals surface area contributed by atoms with Gasteiger partial charge >= 0.3 is 0 Å². The van der Waals surface area contributed by atoms with Crippen LogP contribution < -0.4 is 0 Å². The fourth-order valence-electron chi connectivity index (χ4n) is 2.35. The Morgan fingerprint density at radius 3 is 3.06 bits per heavy atom. The molecule has 4 heteroatoms. The van der Waals surface area contributed by atoms with Crippen LogP contribution >= 0.6 is 27.5 Å². The molecular formula is C14H17BrClNO. The highest BCUT2D eigenvalue weighted by molar-refractivity contribution is 9.10. The highest BCUT2D eigenvalue weighted by Gasteiger charge is 2.25. The van der Waals surface area contributed by atoms with E-state index in [2.05, 4.69) is 15.9 Å². The lowest BCUT2D eigenvalue weighted by atomic mass is 9.99. The van der Waals surface area contributed by atoms with Crippen molar-refractivity contribution in [3.05, 3.63) is 33.8 Å². The number of hydrogen-bond donors (Lipinski definition) is 0. The maximum atomic E-state index is 12.5. The number of aryl methyl sites for hydroxylation is 1. The number of amides is 1. The largest absolute Gasteiger partial charge is 0.338 e. The van der Waals surface area contributed by atoms with Gasteiger partial charge in [-0.2, -0.15) is 0 Å². The summed E-state index contributed by atoms with van der Waals surface area (Å²) in [5.74, 6) is 1.19. The van der Waals surface area contributed by atoms with Gasteiger partial charge in [0.1, 0.15) is 0 Å². The minimum absolute atomic E-state index is 0.111. The molecule has 1 aromatic rings. The molecule has 0 aliphatic carbocycles. The van der Waals surface area contributed by atoms with Gasteiger partial charge < -0.3 is 4.90 Å². The molecular weight excluding hydrogens is 314 g/mol. The fraction of sp³-hybridized carbons (Fsp3) is 0.500. The van der Waals surface area contributed by atoms with E-state index in [4.69, 9.17) is 11.6 Å². The predicted molar refractivity (Wildman–Crippen MR) is 78.2 cm³/mol. The van der Waals surface area contributed by atoms with Crippen LogP contribution in [-0.4, -0.2) is 29.8 Å². The first-order chi connectivity index (χ1) is 8.61. The molecule has 1 aliphatic rings. The van der Waals surface area contributed by atoms with Gasteiger partial charge in [0.2, 0.25) is 0 Å². The molecule has 0 N–H and O–H groups in total. The summed E-state index contributed by atoms with van der Waals surface area (Å²) in [6, 6.07) is 5.88. The Kier molecular flexibility index (Phi) is 4.68. The lowest BCUT2D eigenvalue weighted by Crippen LogP contribution is -2.40. The van der Waals surface area contributed by atoms with Crippen LogP contribution in [0.2, 0.25) is 0 Å². The van der Waals surface area contributed by atoms with E-state index in [1.807, 2.05) is 30.0 Å². The van der Waals surface area contributed by atoms with Gasteiger partial charge in [-0.05, 0) is 53.7 Å². The first-order valence-corrected chi connectivity index (χ1v) is 7.56. The number of nitrogens with zero attached hydrogens (tertiary/aromatic N) is 1. The summed E-state index contributed by atoms with van der Waals surface area (Å²) < 4.78 is 0.867. The van der Waals surface area contributed by atoms with Crippen molar-refractivity contribution in [2.45, 2.75) is 19.8 Å². The van der Waals surface area contributed by atoms with Crippen molar-refractivity contribution < 1.29 is 4.79 Å². The number of likely N-dealkylation sites (tertiary alicyclic amines) is 1. The average Bonchev–Trinajstić information content (AvgIpc) is 2.41. The summed E-state index contributed by atoms with van der Waals surface area (Å²) in [5.41, 5.74) is 1.86. The van der Waals surface area contributed by atoms with E-state index < -0.39 is 0 Å². The molecule has 1 aliphatic heterocycles. The first-order valence-electron chi connectivity index (χ1n) is 6.23. The number of benzene rings is 1. The van der Waals surface area contributed by atoms with E-state index >= 15 is 0 Å². The van der Waals surface area contributed by atoms with E-state index in [1.54, 1.807) is 0 Å². The first kappa shape index (κ1) is 13.9. The Morgan fingerprint density at radius 1 is 1.56 bits per heavy atom. The Bertz CT molecular complexity index is 449. The summed E-state index contributed by atoms with van der Waals surface area (Å²) in [4.78, 5) is 14.4. The second-order valence-electron chi connectivity index (χ2n) is 4.90. The monoisotopic (exact) mass is 329 g/mol. The molecule has 1 heterocycles. The normalized spacial score (nSPS) is 19.9. The van der Waals surface area contributed by atoms with Crippen LogP contribution in [0.25, 0.3) is 0 Å². The highest BCUT2D eigenvalue weighted by Crippen LogP contribution is 2.24. The van der Waals surface area contributed by atoms with Crippen LogP contribution in [0.15, 0.2) is 22.7 Å². The lowest BCUT2D eigenvalue weighted by molar-refractivity contribution is 0.0684. The molecule has 0 spiro atoms. The molecule has 18 heavy (non-hydrogen) atoms. The maximum Gasteiger partial charge on any atom is 0.255 e. The number of hydrogen-bond acceptors (Lipinski definition) is 1. The van der Waals surface area contributed by atoms with Crippen molar-refractivity contribution in [2.75, 3.05) is 19.0 Å². The number of carbonyl (C=O) groups is 1. The van der Waals surface area contributed by atoms with Crippen LogP contribution in [0, 0.1) is 12.8 Å². The van der Waals surface area contributed by atoms with Gasteiger partial charge in [-0.1, -0.05) is 11.6 Å². The quantitative estimate of drug-likeness (QED) is 0.754. The fourth-order valence-corrected chi connectivity index (χ4v) is 3.02. The SMILES string of the molecule is Cc1ccc(Br)c(C(=O)N2CCCC(CCl)C2)c1. The van der Waals surface area contributed by atoms with Gasteiger partial charge in [-0.15, -0.1) is 11.6 Å². The molecule has 1 unspecified atom stereocenters. The van der Waals surface area contributed by atoms with E-state index in [1.165, 1.54) is 0 Å².